The van der Waals surface area contributed by atoms with Gasteiger partial charge < -0.3 is 14.1 Å². The maximum atomic E-state index is 11.9. The van der Waals surface area contributed by atoms with Crippen LogP contribution in [-0.4, -0.2) is 35.8 Å². The summed E-state index contributed by atoms with van der Waals surface area (Å²) in [5.74, 6) is -0.487. The second kappa shape index (κ2) is 5.06. The summed E-state index contributed by atoms with van der Waals surface area (Å²) in [6, 6.07) is 4.21. The van der Waals surface area contributed by atoms with Gasteiger partial charge >= 0.3 is 5.76 Å². The lowest BCUT2D eigenvalue weighted by Crippen LogP contribution is -3.13. The van der Waals surface area contributed by atoms with E-state index in [2.05, 4.69) is 0 Å². The van der Waals surface area contributed by atoms with E-state index in [1.54, 1.807) is 6.07 Å². The molecule has 0 radical (unpaired) electrons. The van der Waals surface area contributed by atoms with Gasteiger partial charge in [0, 0.05) is 6.07 Å². The minimum Gasteiger partial charge on any atom is -0.407 e. The standard InChI is InChI=1S/C12H13N3O5/c16-12-14(8-13-3-5-19-6-4-13)10-2-1-9(15(17)18)7-11(10)20-12/h1-2,7H,3-6,8H2/p+1. The molecule has 0 aliphatic carbocycles. The molecular formula is C12H14N3O5+. The number of nitro groups is 1. The molecule has 1 aliphatic rings. The van der Waals surface area contributed by atoms with Crippen LogP contribution in [0.1, 0.15) is 0 Å². The third-order valence-electron chi connectivity index (χ3n) is 3.44. The molecule has 1 N–H and O–H groups in total. The third-order valence-corrected chi connectivity index (χ3v) is 3.44. The zero-order valence-electron chi connectivity index (χ0n) is 10.7. The topological polar surface area (TPSA) is 92.0 Å². The Labute approximate surface area is 113 Å². The Morgan fingerprint density at radius 2 is 2.10 bits per heavy atom. The number of nitrogens with zero attached hydrogens (tertiary/aromatic N) is 2. The first-order valence-corrected chi connectivity index (χ1v) is 6.34. The fourth-order valence-electron chi connectivity index (χ4n) is 2.36. The smallest absolute Gasteiger partial charge is 0.407 e. The maximum Gasteiger partial charge on any atom is 0.424 e. The summed E-state index contributed by atoms with van der Waals surface area (Å²) in [6.07, 6.45) is 0. The molecule has 20 heavy (non-hydrogen) atoms. The fraction of sp³-hybridized carbons (Fsp3) is 0.417. The molecule has 0 bridgehead atoms. The lowest BCUT2D eigenvalue weighted by Gasteiger charge is -2.23. The van der Waals surface area contributed by atoms with E-state index in [1.807, 2.05) is 0 Å². The molecule has 0 amide bonds. The normalized spacial score (nSPS) is 16.6. The summed E-state index contributed by atoms with van der Waals surface area (Å²) in [5.41, 5.74) is 0.744. The second-order valence-corrected chi connectivity index (χ2v) is 4.73. The number of oxazole rings is 1. The number of nitro benzene ring substituents is 1. The first-order valence-electron chi connectivity index (χ1n) is 6.34. The third kappa shape index (κ3) is 2.30. The lowest BCUT2D eigenvalue weighted by atomic mass is 10.3. The molecule has 3 rings (SSSR count). The number of hydrogen-bond acceptors (Lipinski definition) is 5. The predicted molar refractivity (Wildman–Crippen MR) is 68.6 cm³/mol. The summed E-state index contributed by atoms with van der Waals surface area (Å²) < 4.78 is 11.9. The lowest BCUT2D eigenvalue weighted by molar-refractivity contribution is -0.930. The summed E-state index contributed by atoms with van der Waals surface area (Å²) in [6.45, 7) is 3.47. The van der Waals surface area contributed by atoms with Crippen LogP contribution in [0.2, 0.25) is 0 Å². The van der Waals surface area contributed by atoms with Gasteiger partial charge in [-0.25, -0.2) is 9.36 Å². The van der Waals surface area contributed by atoms with Crippen molar-refractivity contribution >= 4 is 16.8 Å². The molecule has 0 saturated carbocycles. The minimum atomic E-state index is -0.510. The number of rotatable bonds is 3. The highest BCUT2D eigenvalue weighted by Gasteiger charge is 2.19. The van der Waals surface area contributed by atoms with Crippen LogP contribution in [0.5, 0.6) is 0 Å². The number of non-ortho nitro benzene ring substituents is 1. The van der Waals surface area contributed by atoms with Crippen molar-refractivity contribution in [3.63, 3.8) is 0 Å². The van der Waals surface area contributed by atoms with E-state index in [4.69, 9.17) is 9.15 Å². The molecule has 106 valence electrons. The van der Waals surface area contributed by atoms with Crippen LogP contribution in [0.3, 0.4) is 0 Å². The van der Waals surface area contributed by atoms with Crippen molar-refractivity contribution in [2.24, 2.45) is 0 Å². The molecule has 2 aromatic rings. The number of fused-ring (bicyclic) bond motifs is 1. The van der Waals surface area contributed by atoms with Crippen LogP contribution >= 0.6 is 0 Å². The van der Waals surface area contributed by atoms with Crippen molar-refractivity contribution in [3.05, 3.63) is 38.9 Å². The predicted octanol–water partition coefficient (Wildman–Crippen LogP) is -0.625. The molecule has 1 aliphatic heterocycles. The number of ether oxygens (including phenoxy) is 1. The van der Waals surface area contributed by atoms with Gasteiger partial charge in [-0.15, -0.1) is 0 Å². The van der Waals surface area contributed by atoms with E-state index in [-0.39, 0.29) is 11.3 Å². The van der Waals surface area contributed by atoms with Gasteiger partial charge in [-0.1, -0.05) is 0 Å². The van der Waals surface area contributed by atoms with Crippen LogP contribution in [0.4, 0.5) is 5.69 Å². The molecular weight excluding hydrogens is 266 g/mol. The van der Waals surface area contributed by atoms with Crippen molar-refractivity contribution in [2.75, 3.05) is 26.3 Å². The van der Waals surface area contributed by atoms with Crippen molar-refractivity contribution in [1.29, 1.82) is 0 Å². The SMILES string of the molecule is O=c1oc2cc([N+](=O)[O-])ccc2n1C[NH+]1CCOCC1. The molecule has 0 atom stereocenters. The molecule has 1 aromatic heterocycles. The fourth-order valence-corrected chi connectivity index (χ4v) is 2.36. The molecule has 1 fully saturated rings. The Morgan fingerprint density at radius 1 is 1.35 bits per heavy atom. The Bertz CT molecular complexity index is 699. The monoisotopic (exact) mass is 280 g/mol. The Balaban J connectivity index is 1.96. The van der Waals surface area contributed by atoms with E-state index in [0.717, 1.165) is 13.1 Å². The first kappa shape index (κ1) is 12.8. The quantitative estimate of drug-likeness (QED) is 0.597. The molecule has 1 aromatic carbocycles. The zero-order chi connectivity index (χ0) is 14.1. The van der Waals surface area contributed by atoms with Crippen molar-refractivity contribution in [2.45, 2.75) is 6.67 Å². The Morgan fingerprint density at radius 3 is 2.80 bits per heavy atom. The van der Waals surface area contributed by atoms with Gasteiger partial charge in [-0.2, -0.15) is 0 Å². The molecule has 8 heteroatoms. The van der Waals surface area contributed by atoms with E-state index in [9.17, 15) is 14.9 Å². The average molecular weight is 280 g/mol. The van der Waals surface area contributed by atoms with Crippen molar-refractivity contribution in [3.8, 4) is 0 Å². The van der Waals surface area contributed by atoms with Gasteiger partial charge in [0.1, 0.15) is 13.1 Å². The second-order valence-electron chi connectivity index (χ2n) is 4.73. The number of nitrogens with one attached hydrogen (secondary N) is 1. The van der Waals surface area contributed by atoms with Crippen LogP contribution < -0.4 is 10.7 Å². The Hall–Kier alpha value is -2.19. The molecule has 1 saturated heterocycles. The van der Waals surface area contributed by atoms with Gasteiger partial charge in [-0.3, -0.25) is 10.1 Å². The zero-order valence-corrected chi connectivity index (χ0v) is 10.7. The van der Waals surface area contributed by atoms with E-state index < -0.39 is 10.7 Å². The van der Waals surface area contributed by atoms with Gasteiger partial charge in [0.15, 0.2) is 12.3 Å². The molecule has 2 heterocycles. The number of quaternary nitrogens is 1. The largest absolute Gasteiger partial charge is 0.424 e. The molecule has 8 nitrogen and oxygen atoms in total. The van der Waals surface area contributed by atoms with Gasteiger partial charge in [0.25, 0.3) is 5.69 Å². The number of benzene rings is 1. The summed E-state index contributed by atoms with van der Waals surface area (Å²) in [5, 5.41) is 10.7. The highest BCUT2D eigenvalue weighted by molar-refractivity contribution is 5.75. The first-order chi connectivity index (χ1) is 9.65. The van der Waals surface area contributed by atoms with Crippen LogP contribution in [0.15, 0.2) is 27.4 Å². The molecule has 0 unspecified atom stereocenters. The number of aromatic nitrogens is 1. The van der Waals surface area contributed by atoms with E-state index in [1.165, 1.54) is 21.6 Å². The Kier molecular flexibility index (Phi) is 3.25. The van der Waals surface area contributed by atoms with Gasteiger partial charge in [0.2, 0.25) is 0 Å². The number of morpholine rings is 1. The summed E-state index contributed by atoms with van der Waals surface area (Å²) in [4.78, 5) is 23.3. The highest BCUT2D eigenvalue weighted by Crippen LogP contribution is 2.19. The minimum absolute atomic E-state index is 0.0860. The van der Waals surface area contributed by atoms with Gasteiger partial charge in [-0.05, 0) is 6.07 Å². The van der Waals surface area contributed by atoms with Crippen LogP contribution in [-0.2, 0) is 11.4 Å². The van der Waals surface area contributed by atoms with Crippen LogP contribution in [0, 0.1) is 10.1 Å². The van der Waals surface area contributed by atoms with Crippen molar-refractivity contribution in [1.82, 2.24) is 4.57 Å². The van der Waals surface area contributed by atoms with E-state index >= 15 is 0 Å². The van der Waals surface area contributed by atoms with E-state index in [0.29, 0.717) is 25.4 Å². The summed E-state index contributed by atoms with van der Waals surface area (Å²) >= 11 is 0. The molecule has 0 spiro atoms. The van der Waals surface area contributed by atoms with Crippen molar-refractivity contribution < 1.29 is 19.0 Å². The van der Waals surface area contributed by atoms with Crippen LogP contribution in [0.25, 0.3) is 11.1 Å². The average Bonchev–Trinajstić information content (AvgIpc) is 2.75. The highest BCUT2D eigenvalue weighted by atomic mass is 16.6. The van der Waals surface area contributed by atoms with Gasteiger partial charge in [0.05, 0.1) is 29.7 Å². The summed E-state index contributed by atoms with van der Waals surface area (Å²) in [7, 11) is 0. The number of hydrogen-bond donors (Lipinski definition) is 1. The maximum absolute atomic E-state index is 11.9.